The molecule has 2 amide bonds. The summed E-state index contributed by atoms with van der Waals surface area (Å²) >= 11 is 0. The summed E-state index contributed by atoms with van der Waals surface area (Å²) in [7, 11) is 0. The van der Waals surface area contributed by atoms with Crippen LogP contribution in [-0.2, 0) is 4.79 Å². The van der Waals surface area contributed by atoms with Crippen LogP contribution < -0.4 is 0 Å². The normalized spacial score (nSPS) is 17.4. The van der Waals surface area contributed by atoms with E-state index in [1.807, 2.05) is 0 Å². The van der Waals surface area contributed by atoms with Crippen molar-refractivity contribution in [2.75, 3.05) is 19.6 Å². The topological polar surface area (TPSA) is 60.9 Å². The maximum Gasteiger partial charge on any atom is 0.406 e. The summed E-state index contributed by atoms with van der Waals surface area (Å²) in [4.78, 5) is 25.0. The van der Waals surface area contributed by atoms with E-state index in [-0.39, 0.29) is 25.9 Å². The molecule has 0 aromatic carbocycles. The predicted octanol–water partition coefficient (Wildman–Crippen LogP) is 2.18. The van der Waals surface area contributed by atoms with Crippen molar-refractivity contribution >= 4 is 12.0 Å². The predicted molar refractivity (Wildman–Crippen MR) is 65.2 cm³/mol. The van der Waals surface area contributed by atoms with E-state index in [2.05, 4.69) is 0 Å². The van der Waals surface area contributed by atoms with Gasteiger partial charge in [0, 0.05) is 19.1 Å². The summed E-state index contributed by atoms with van der Waals surface area (Å²) in [5.74, 6) is -1.44. The summed E-state index contributed by atoms with van der Waals surface area (Å²) in [5, 5.41) is 8.85. The zero-order valence-corrected chi connectivity index (χ0v) is 11.5. The number of likely N-dealkylation sites (tertiary alicyclic amines) is 1. The lowest BCUT2D eigenvalue weighted by atomic mass is 9.97. The van der Waals surface area contributed by atoms with E-state index in [4.69, 9.17) is 5.11 Å². The SMILES string of the molecule is CC(C)N(CC(F)(F)F)C(=O)N1CCC(C(=O)O)CC1. The lowest BCUT2D eigenvalue weighted by Gasteiger charge is -2.36. The number of rotatable bonds is 3. The van der Waals surface area contributed by atoms with E-state index in [0.717, 1.165) is 4.90 Å². The van der Waals surface area contributed by atoms with Crippen molar-refractivity contribution in [2.24, 2.45) is 5.92 Å². The van der Waals surface area contributed by atoms with Crippen molar-refractivity contribution < 1.29 is 27.9 Å². The second kappa shape index (κ2) is 6.32. The molecule has 1 N–H and O–H groups in total. The van der Waals surface area contributed by atoms with Gasteiger partial charge in [-0.25, -0.2) is 4.79 Å². The van der Waals surface area contributed by atoms with Crippen molar-refractivity contribution in [1.82, 2.24) is 9.80 Å². The molecule has 1 aliphatic heterocycles. The molecular formula is C12H19F3N2O3. The maximum absolute atomic E-state index is 12.5. The quantitative estimate of drug-likeness (QED) is 0.868. The van der Waals surface area contributed by atoms with Gasteiger partial charge in [0.05, 0.1) is 5.92 Å². The van der Waals surface area contributed by atoms with Crippen LogP contribution in [0.2, 0.25) is 0 Å². The largest absolute Gasteiger partial charge is 0.481 e. The summed E-state index contributed by atoms with van der Waals surface area (Å²) in [5.41, 5.74) is 0. The molecule has 5 nitrogen and oxygen atoms in total. The second-order valence-electron chi connectivity index (χ2n) is 5.22. The van der Waals surface area contributed by atoms with Gasteiger partial charge in [0.1, 0.15) is 6.54 Å². The molecule has 116 valence electrons. The minimum Gasteiger partial charge on any atom is -0.481 e. The molecule has 0 aromatic heterocycles. The van der Waals surface area contributed by atoms with E-state index >= 15 is 0 Å². The average Bonchev–Trinajstić information content (AvgIpc) is 2.34. The molecule has 0 spiro atoms. The number of carbonyl (C=O) groups excluding carboxylic acids is 1. The molecule has 0 radical (unpaired) electrons. The number of carbonyl (C=O) groups is 2. The number of hydrogen-bond acceptors (Lipinski definition) is 2. The van der Waals surface area contributed by atoms with E-state index in [1.165, 1.54) is 18.7 Å². The van der Waals surface area contributed by atoms with Gasteiger partial charge in [0.15, 0.2) is 0 Å². The van der Waals surface area contributed by atoms with Crippen LogP contribution in [0.5, 0.6) is 0 Å². The van der Waals surface area contributed by atoms with Crippen LogP contribution in [0.4, 0.5) is 18.0 Å². The molecule has 8 heteroatoms. The van der Waals surface area contributed by atoms with Crippen molar-refractivity contribution in [3.05, 3.63) is 0 Å². The van der Waals surface area contributed by atoms with Gasteiger partial charge in [-0.2, -0.15) is 13.2 Å². The number of urea groups is 1. The van der Waals surface area contributed by atoms with Crippen LogP contribution >= 0.6 is 0 Å². The second-order valence-corrected chi connectivity index (χ2v) is 5.22. The van der Waals surface area contributed by atoms with Gasteiger partial charge in [0.2, 0.25) is 0 Å². The molecule has 0 unspecified atom stereocenters. The number of hydrogen-bond donors (Lipinski definition) is 1. The minimum absolute atomic E-state index is 0.177. The van der Waals surface area contributed by atoms with Crippen LogP contribution in [0.25, 0.3) is 0 Å². The van der Waals surface area contributed by atoms with Crippen LogP contribution in [-0.4, -0.2) is 58.8 Å². The Hall–Kier alpha value is -1.47. The van der Waals surface area contributed by atoms with Crippen LogP contribution in [0, 0.1) is 5.92 Å². The highest BCUT2D eigenvalue weighted by Crippen LogP contribution is 2.22. The molecule has 0 aromatic rings. The zero-order chi connectivity index (χ0) is 15.5. The first-order valence-corrected chi connectivity index (χ1v) is 6.47. The molecule has 1 saturated heterocycles. The van der Waals surface area contributed by atoms with E-state index in [9.17, 15) is 22.8 Å². The highest BCUT2D eigenvalue weighted by molar-refractivity contribution is 5.76. The van der Waals surface area contributed by atoms with Crippen molar-refractivity contribution in [3.63, 3.8) is 0 Å². The summed E-state index contributed by atoms with van der Waals surface area (Å²) < 4.78 is 37.4. The van der Waals surface area contributed by atoms with Gasteiger partial charge in [-0.3, -0.25) is 4.79 Å². The first kappa shape index (κ1) is 16.6. The molecule has 20 heavy (non-hydrogen) atoms. The Kier molecular flexibility index (Phi) is 5.24. The molecular weight excluding hydrogens is 277 g/mol. The fourth-order valence-electron chi connectivity index (χ4n) is 2.16. The number of alkyl halides is 3. The van der Waals surface area contributed by atoms with Crippen molar-refractivity contribution in [3.8, 4) is 0 Å². The van der Waals surface area contributed by atoms with Crippen LogP contribution in [0.1, 0.15) is 26.7 Å². The Labute approximate surface area is 115 Å². The molecule has 0 bridgehead atoms. The zero-order valence-electron chi connectivity index (χ0n) is 11.5. The van der Waals surface area contributed by atoms with Gasteiger partial charge in [-0.1, -0.05) is 0 Å². The van der Waals surface area contributed by atoms with Gasteiger partial charge in [-0.15, -0.1) is 0 Å². The molecule has 0 saturated carbocycles. The fraction of sp³-hybridized carbons (Fsp3) is 0.833. The molecule has 1 fully saturated rings. The number of amides is 2. The highest BCUT2D eigenvalue weighted by Gasteiger charge is 2.37. The maximum atomic E-state index is 12.5. The first-order chi connectivity index (χ1) is 9.11. The van der Waals surface area contributed by atoms with Crippen molar-refractivity contribution in [2.45, 2.75) is 38.9 Å². The average molecular weight is 296 g/mol. The fourth-order valence-corrected chi connectivity index (χ4v) is 2.16. The Morgan fingerprint density at radius 1 is 1.30 bits per heavy atom. The smallest absolute Gasteiger partial charge is 0.406 e. The molecule has 1 rings (SSSR count). The molecule has 0 atom stereocenters. The number of halogens is 3. The van der Waals surface area contributed by atoms with E-state index in [0.29, 0.717) is 0 Å². The van der Waals surface area contributed by atoms with Crippen molar-refractivity contribution in [1.29, 1.82) is 0 Å². The van der Waals surface area contributed by atoms with Gasteiger partial charge in [0.25, 0.3) is 0 Å². The number of carboxylic acid groups (broad SMARTS) is 1. The van der Waals surface area contributed by atoms with Crippen LogP contribution in [0.15, 0.2) is 0 Å². The monoisotopic (exact) mass is 296 g/mol. The van der Waals surface area contributed by atoms with E-state index < -0.39 is 36.7 Å². The number of piperidine rings is 1. The lowest BCUT2D eigenvalue weighted by molar-refractivity contribution is -0.144. The summed E-state index contributed by atoms with van der Waals surface area (Å²) in [6, 6.07) is -1.25. The Morgan fingerprint density at radius 2 is 1.80 bits per heavy atom. The van der Waals surface area contributed by atoms with Gasteiger partial charge >= 0.3 is 18.2 Å². The molecule has 1 heterocycles. The standard InChI is InChI=1S/C12H19F3N2O3/c1-8(2)17(7-12(13,14)15)11(20)16-5-3-9(4-6-16)10(18)19/h8-9H,3-7H2,1-2H3,(H,18,19). The number of carboxylic acids is 1. The van der Waals surface area contributed by atoms with Gasteiger partial charge in [-0.05, 0) is 26.7 Å². The Balaban J connectivity index is 2.65. The third-order valence-electron chi connectivity index (χ3n) is 3.33. The van der Waals surface area contributed by atoms with E-state index in [1.54, 1.807) is 0 Å². The summed E-state index contributed by atoms with van der Waals surface area (Å²) in [6.45, 7) is 2.11. The lowest BCUT2D eigenvalue weighted by Crippen LogP contribution is -2.52. The highest BCUT2D eigenvalue weighted by atomic mass is 19.4. The molecule has 0 aliphatic carbocycles. The number of nitrogens with zero attached hydrogens (tertiary/aromatic N) is 2. The first-order valence-electron chi connectivity index (χ1n) is 6.47. The third-order valence-corrected chi connectivity index (χ3v) is 3.33. The van der Waals surface area contributed by atoms with Crippen LogP contribution in [0.3, 0.4) is 0 Å². The minimum atomic E-state index is -4.45. The summed E-state index contributed by atoms with van der Waals surface area (Å²) in [6.07, 6.45) is -3.89. The number of aliphatic carboxylic acids is 1. The third kappa shape index (κ3) is 4.57. The van der Waals surface area contributed by atoms with Gasteiger partial charge < -0.3 is 14.9 Å². The molecule has 1 aliphatic rings. The Bertz CT molecular complexity index is 363. The Morgan fingerprint density at radius 3 is 2.15 bits per heavy atom.